The molecule has 27 heavy (non-hydrogen) atoms. The number of aromatic nitrogens is 2. The van der Waals surface area contributed by atoms with Crippen LogP contribution < -0.4 is 0 Å². The Morgan fingerprint density at radius 3 is 2.63 bits per heavy atom. The van der Waals surface area contributed by atoms with Crippen LogP contribution in [0.15, 0.2) is 54.7 Å². The third-order valence-electron chi connectivity index (χ3n) is 6.03. The molecule has 1 fully saturated rings. The maximum absolute atomic E-state index is 13.9. The Bertz CT molecular complexity index is 1070. The van der Waals surface area contributed by atoms with Crippen LogP contribution in [-0.2, 0) is 6.42 Å². The van der Waals surface area contributed by atoms with Crippen molar-refractivity contribution in [3.8, 4) is 0 Å². The maximum atomic E-state index is 13.9. The zero-order valence-electron chi connectivity index (χ0n) is 15.3. The van der Waals surface area contributed by atoms with Crippen molar-refractivity contribution in [3.05, 3.63) is 71.8 Å². The molecule has 4 heteroatoms. The van der Waals surface area contributed by atoms with Gasteiger partial charge in [0.15, 0.2) is 0 Å². The van der Waals surface area contributed by atoms with E-state index in [1.54, 1.807) is 6.07 Å². The van der Waals surface area contributed by atoms with E-state index in [2.05, 4.69) is 45.3 Å². The largest absolute Gasteiger partial charge is 0.361 e. The van der Waals surface area contributed by atoms with E-state index in [0.717, 1.165) is 44.4 Å². The Balaban J connectivity index is 1.21. The number of hydrogen-bond acceptors (Lipinski definition) is 1. The lowest BCUT2D eigenvalue weighted by Crippen LogP contribution is -2.34. The number of rotatable bonds is 4. The van der Waals surface area contributed by atoms with E-state index in [-0.39, 0.29) is 5.82 Å². The summed E-state index contributed by atoms with van der Waals surface area (Å²) in [6.07, 6.45) is 5.48. The Morgan fingerprint density at radius 2 is 1.78 bits per heavy atom. The minimum absolute atomic E-state index is 0.133. The van der Waals surface area contributed by atoms with Gasteiger partial charge in [-0.25, -0.2) is 4.39 Å². The van der Waals surface area contributed by atoms with Crippen LogP contribution in [0.1, 0.15) is 30.0 Å². The van der Waals surface area contributed by atoms with Gasteiger partial charge in [-0.1, -0.05) is 24.3 Å². The molecular formula is C23H24FN3. The molecule has 4 aromatic rings. The summed E-state index contributed by atoms with van der Waals surface area (Å²) in [6, 6.07) is 15.8. The lowest BCUT2D eigenvalue weighted by atomic mass is 9.93. The van der Waals surface area contributed by atoms with Gasteiger partial charge in [0.25, 0.3) is 0 Å². The Morgan fingerprint density at radius 1 is 0.963 bits per heavy atom. The highest BCUT2D eigenvalue weighted by Gasteiger charge is 2.22. The zero-order valence-corrected chi connectivity index (χ0v) is 15.3. The number of fused-ring (bicyclic) bond motifs is 2. The van der Waals surface area contributed by atoms with Crippen LogP contribution in [0.5, 0.6) is 0 Å². The highest BCUT2D eigenvalue weighted by Crippen LogP contribution is 2.31. The van der Waals surface area contributed by atoms with E-state index in [1.807, 2.05) is 12.1 Å². The smallest absolute Gasteiger partial charge is 0.132 e. The number of hydrogen-bond donors (Lipinski definition) is 2. The first-order valence-electron chi connectivity index (χ1n) is 9.82. The molecule has 0 bridgehead atoms. The van der Waals surface area contributed by atoms with E-state index in [4.69, 9.17) is 0 Å². The van der Waals surface area contributed by atoms with Crippen molar-refractivity contribution in [2.45, 2.75) is 25.2 Å². The fourth-order valence-electron chi connectivity index (χ4n) is 4.44. The van der Waals surface area contributed by atoms with Crippen molar-refractivity contribution in [2.24, 2.45) is 0 Å². The molecule has 0 aliphatic carbocycles. The van der Waals surface area contributed by atoms with Gasteiger partial charge in [-0.2, -0.15) is 0 Å². The molecule has 5 rings (SSSR count). The molecule has 1 aliphatic rings. The van der Waals surface area contributed by atoms with Crippen molar-refractivity contribution in [2.75, 3.05) is 19.6 Å². The molecule has 2 N–H and O–H groups in total. The number of benzene rings is 2. The minimum Gasteiger partial charge on any atom is -0.361 e. The van der Waals surface area contributed by atoms with E-state index in [0.29, 0.717) is 11.3 Å². The van der Waals surface area contributed by atoms with Crippen LogP contribution in [0.3, 0.4) is 0 Å². The molecule has 0 amide bonds. The maximum Gasteiger partial charge on any atom is 0.132 e. The summed E-state index contributed by atoms with van der Waals surface area (Å²) in [6.45, 7) is 3.30. The van der Waals surface area contributed by atoms with Crippen LogP contribution in [0.25, 0.3) is 21.8 Å². The highest BCUT2D eigenvalue weighted by molar-refractivity contribution is 5.83. The monoisotopic (exact) mass is 361 g/mol. The summed E-state index contributed by atoms with van der Waals surface area (Å²) in [5.74, 6) is 0.368. The molecule has 3 heterocycles. The summed E-state index contributed by atoms with van der Waals surface area (Å²) in [5, 5.41) is 2.06. The van der Waals surface area contributed by atoms with Gasteiger partial charge in [-0.3, -0.25) is 0 Å². The number of H-pyrrole nitrogens is 2. The standard InChI is InChI=1S/C23H24FN3/c24-20-5-3-7-22-19(20)14-23(26-22)16-8-11-27(12-9-16)13-10-17-15-25-21-6-2-1-4-18(17)21/h1-7,14-16,25-26H,8-13H2. The second kappa shape index (κ2) is 6.86. The van der Waals surface area contributed by atoms with Crippen molar-refractivity contribution >= 4 is 21.8 Å². The van der Waals surface area contributed by atoms with Gasteiger partial charge in [-0.15, -0.1) is 0 Å². The fraction of sp³-hybridized carbons (Fsp3) is 0.304. The van der Waals surface area contributed by atoms with Gasteiger partial charge in [0.1, 0.15) is 5.82 Å². The molecule has 1 saturated heterocycles. The Kier molecular flexibility index (Phi) is 4.21. The van der Waals surface area contributed by atoms with Crippen molar-refractivity contribution in [3.63, 3.8) is 0 Å². The van der Waals surface area contributed by atoms with Crippen molar-refractivity contribution < 1.29 is 4.39 Å². The molecule has 2 aromatic heterocycles. The first-order valence-corrected chi connectivity index (χ1v) is 9.82. The lowest BCUT2D eigenvalue weighted by molar-refractivity contribution is 0.213. The number of nitrogens with zero attached hydrogens (tertiary/aromatic N) is 1. The number of nitrogens with one attached hydrogen (secondary N) is 2. The van der Waals surface area contributed by atoms with Crippen LogP contribution in [0.2, 0.25) is 0 Å². The predicted octanol–water partition coefficient (Wildman–Crippen LogP) is 5.21. The predicted molar refractivity (Wildman–Crippen MR) is 109 cm³/mol. The lowest BCUT2D eigenvalue weighted by Gasteiger charge is -2.31. The topological polar surface area (TPSA) is 34.8 Å². The number of halogens is 1. The zero-order chi connectivity index (χ0) is 18.2. The molecule has 138 valence electrons. The first kappa shape index (κ1) is 16.6. The van der Waals surface area contributed by atoms with Gasteiger partial charge in [0.2, 0.25) is 0 Å². The quantitative estimate of drug-likeness (QED) is 0.514. The van der Waals surface area contributed by atoms with Crippen LogP contribution in [-0.4, -0.2) is 34.5 Å². The van der Waals surface area contributed by atoms with E-state index >= 15 is 0 Å². The average Bonchev–Trinajstić information content (AvgIpc) is 3.32. The molecule has 0 radical (unpaired) electrons. The van der Waals surface area contributed by atoms with E-state index in [1.165, 1.54) is 28.2 Å². The number of piperidine rings is 1. The molecule has 0 atom stereocenters. The van der Waals surface area contributed by atoms with E-state index < -0.39 is 0 Å². The number of para-hydroxylation sites is 1. The second-order valence-electron chi connectivity index (χ2n) is 7.65. The Hall–Kier alpha value is -2.59. The molecule has 1 aliphatic heterocycles. The molecule has 0 unspecified atom stereocenters. The van der Waals surface area contributed by atoms with Crippen molar-refractivity contribution in [1.82, 2.24) is 14.9 Å². The SMILES string of the molecule is Fc1cccc2[nH]c(C3CCN(CCc4c[nH]c5ccccc45)CC3)cc12. The van der Waals surface area contributed by atoms with Crippen LogP contribution in [0, 0.1) is 5.82 Å². The van der Waals surface area contributed by atoms with Gasteiger partial charge < -0.3 is 14.9 Å². The van der Waals surface area contributed by atoms with Crippen molar-refractivity contribution in [1.29, 1.82) is 0 Å². The minimum atomic E-state index is -0.133. The van der Waals surface area contributed by atoms with Gasteiger partial charge in [-0.05, 0) is 62.2 Å². The number of likely N-dealkylation sites (tertiary alicyclic amines) is 1. The normalized spacial score (nSPS) is 16.5. The summed E-state index contributed by atoms with van der Waals surface area (Å²) < 4.78 is 13.9. The fourth-order valence-corrected chi connectivity index (χ4v) is 4.44. The van der Waals surface area contributed by atoms with Gasteiger partial charge in [0.05, 0.1) is 0 Å². The molecule has 0 spiro atoms. The molecule has 3 nitrogen and oxygen atoms in total. The van der Waals surface area contributed by atoms with Crippen LogP contribution >= 0.6 is 0 Å². The summed E-state index contributed by atoms with van der Waals surface area (Å²) in [4.78, 5) is 9.36. The van der Waals surface area contributed by atoms with E-state index in [9.17, 15) is 4.39 Å². The molecule has 2 aromatic carbocycles. The van der Waals surface area contributed by atoms with Gasteiger partial charge in [0, 0.05) is 46.2 Å². The third kappa shape index (κ3) is 3.15. The summed E-state index contributed by atoms with van der Waals surface area (Å²) in [7, 11) is 0. The summed E-state index contributed by atoms with van der Waals surface area (Å²) in [5.41, 5.74) is 4.72. The summed E-state index contributed by atoms with van der Waals surface area (Å²) >= 11 is 0. The van der Waals surface area contributed by atoms with Gasteiger partial charge >= 0.3 is 0 Å². The third-order valence-corrected chi connectivity index (χ3v) is 6.03. The Labute approximate surface area is 158 Å². The molecular weight excluding hydrogens is 337 g/mol. The highest BCUT2D eigenvalue weighted by atomic mass is 19.1. The number of aromatic amines is 2. The van der Waals surface area contributed by atoms with Crippen LogP contribution in [0.4, 0.5) is 4.39 Å². The molecule has 0 saturated carbocycles. The average molecular weight is 361 g/mol. The first-order chi connectivity index (χ1) is 13.3. The second-order valence-corrected chi connectivity index (χ2v) is 7.65.